The number of nitrogens with zero attached hydrogens (tertiary/aromatic N) is 2. The molecule has 5 rings (SSSR count). The van der Waals surface area contributed by atoms with Gasteiger partial charge < -0.3 is 14.8 Å². The minimum atomic E-state index is -0.401. The Morgan fingerprint density at radius 3 is 2.79 bits per heavy atom. The summed E-state index contributed by atoms with van der Waals surface area (Å²) in [5.74, 6) is 0.402. The summed E-state index contributed by atoms with van der Waals surface area (Å²) in [6, 6.07) is 0. The van der Waals surface area contributed by atoms with Crippen molar-refractivity contribution in [2.75, 3.05) is 19.0 Å². The largest absolute Gasteiger partial charge is 0.467 e. The van der Waals surface area contributed by atoms with Gasteiger partial charge in [-0.25, -0.2) is 14.8 Å². The third kappa shape index (κ3) is 4.36. The molecule has 1 amide bonds. The number of aromatic nitrogens is 2. The lowest BCUT2D eigenvalue weighted by molar-refractivity contribution is -0.118. The van der Waals surface area contributed by atoms with Gasteiger partial charge in [-0.3, -0.25) is 4.79 Å². The summed E-state index contributed by atoms with van der Waals surface area (Å²) in [4.78, 5) is 37.5. The van der Waals surface area contributed by atoms with Gasteiger partial charge in [0.2, 0.25) is 5.88 Å². The third-order valence-electron chi connectivity index (χ3n) is 6.46. The Hall–Kier alpha value is -2.52. The van der Waals surface area contributed by atoms with Crippen LogP contribution in [0.15, 0.2) is 6.33 Å². The lowest BCUT2D eigenvalue weighted by Gasteiger charge is -2.18. The fraction of sp³-hybridized carbons (Fsp3) is 0.500. The molecule has 1 atom stereocenters. The van der Waals surface area contributed by atoms with Crippen molar-refractivity contribution >= 4 is 49.8 Å². The van der Waals surface area contributed by atoms with Crippen LogP contribution in [0.4, 0.5) is 5.00 Å². The fourth-order valence-electron chi connectivity index (χ4n) is 4.80. The van der Waals surface area contributed by atoms with E-state index in [1.807, 2.05) is 0 Å². The number of nitrogens with one attached hydrogen (secondary N) is 1. The van der Waals surface area contributed by atoms with E-state index in [9.17, 15) is 9.59 Å². The number of methoxy groups -OCH3 is 1. The number of carbonyl (C=O) groups is 2. The number of esters is 1. The van der Waals surface area contributed by atoms with Crippen LogP contribution >= 0.6 is 22.7 Å². The van der Waals surface area contributed by atoms with Crippen LogP contribution in [0.3, 0.4) is 0 Å². The van der Waals surface area contributed by atoms with Crippen molar-refractivity contribution in [3.8, 4) is 5.88 Å². The first-order chi connectivity index (χ1) is 16.0. The Morgan fingerprint density at radius 2 is 1.94 bits per heavy atom. The van der Waals surface area contributed by atoms with E-state index in [0.29, 0.717) is 22.4 Å². The molecule has 0 radical (unpaired) electrons. The average Bonchev–Trinajstić information content (AvgIpc) is 3.25. The summed E-state index contributed by atoms with van der Waals surface area (Å²) in [6.45, 7) is 2.09. The highest BCUT2D eigenvalue weighted by molar-refractivity contribution is 7.19. The van der Waals surface area contributed by atoms with Crippen LogP contribution in [-0.4, -0.2) is 35.6 Å². The van der Waals surface area contributed by atoms with Crippen LogP contribution < -0.4 is 10.1 Å². The van der Waals surface area contributed by atoms with Crippen molar-refractivity contribution < 1.29 is 19.1 Å². The van der Waals surface area contributed by atoms with Gasteiger partial charge >= 0.3 is 5.97 Å². The molecule has 2 aliphatic carbocycles. The van der Waals surface area contributed by atoms with E-state index >= 15 is 0 Å². The molecule has 3 heterocycles. The number of anilines is 1. The molecule has 7 nitrogen and oxygen atoms in total. The molecule has 0 bridgehead atoms. The Morgan fingerprint density at radius 1 is 1.09 bits per heavy atom. The molecule has 0 spiro atoms. The van der Waals surface area contributed by atoms with E-state index in [4.69, 9.17) is 9.47 Å². The number of thiophene rings is 2. The van der Waals surface area contributed by atoms with Gasteiger partial charge in [-0.05, 0) is 62.0 Å². The summed E-state index contributed by atoms with van der Waals surface area (Å²) in [5, 5.41) is 4.39. The molecule has 2 aliphatic rings. The van der Waals surface area contributed by atoms with Gasteiger partial charge in [0.25, 0.3) is 5.91 Å². The van der Waals surface area contributed by atoms with Gasteiger partial charge in [-0.1, -0.05) is 13.3 Å². The minimum Gasteiger partial charge on any atom is -0.467 e. The van der Waals surface area contributed by atoms with E-state index in [1.165, 1.54) is 40.1 Å². The van der Waals surface area contributed by atoms with Crippen LogP contribution in [0.2, 0.25) is 0 Å². The molecule has 33 heavy (non-hydrogen) atoms. The molecule has 3 aromatic heterocycles. The molecule has 0 saturated heterocycles. The maximum absolute atomic E-state index is 12.8. The second kappa shape index (κ2) is 9.38. The Labute approximate surface area is 200 Å². The first-order valence-corrected chi connectivity index (χ1v) is 13.1. The van der Waals surface area contributed by atoms with Crippen molar-refractivity contribution in [1.29, 1.82) is 0 Å². The zero-order valence-electron chi connectivity index (χ0n) is 18.9. The quantitative estimate of drug-likeness (QED) is 0.406. The first-order valence-electron chi connectivity index (χ1n) is 11.5. The van der Waals surface area contributed by atoms with Crippen molar-refractivity contribution in [3.05, 3.63) is 32.8 Å². The standard InChI is InChI=1S/C24H27N3O4S2/c1-13-8-9-15-17(10-13)33-22-19(15)21(25-12-26-22)31-11-18(28)27-23-20(24(29)30-2)14-6-4-3-5-7-16(14)32-23/h12-13H,3-11H2,1-2H3,(H,27,28). The summed E-state index contributed by atoms with van der Waals surface area (Å²) < 4.78 is 10.9. The molecular formula is C24H27N3O4S2. The summed E-state index contributed by atoms with van der Waals surface area (Å²) in [7, 11) is 1.38. The smallest absolute Gasteiger partial charge is 0.341 e. The van der Waals surface area contributed by atoms with E-state index in [-0.39, 0.29) is 12.5 Å². The highest BCUT2D eigenvalue weighted by Crippen LogP contribution is 2.41. The molecule has 0 aliphatic heterocycles. The number of hydrogen-bond donors (Lipinski definition) is 1. The Kier molecular flexibility index (Phi) is 6.34. The third-order valence-corrected chi connectivity index (χ3v) is 8.83. The molecule has 0 saturated carbocycles. The van der Waals surface area contributed by atoms with E-state index in [0.717, 1.165) is 67.1 Å². The number of hydrogen-bond acceptors (Lipinski definition) is 8. The average molecular weight is 486 g/mol. The van der Waals surface area contributed by atoms with E-state index in [2.05, 4.69) is 22.2 Å². The lowest BCUT2D eigenvalue weighted by Crippen LogP contribution is -2.21. The van der Waals surface area contributed by atoms with Crippen molar-refractivity contribution in [3.63, 3.8) is 0 Å². The van der Waals surface area contributed by atoms with Crippen LogP contribution in [-0.2, 0) is 35.2 Å². The Bertz CT molecular complexity index is 1220. The molecule has 0 aromatic carbocycles. The summed E-state index contributed by atoms with van der Waals surface area (Å²) in [5.41, 5.74) is 2.79. The Balaban J connectivity index is 1.35. The molecule has 3 aromatic rings. The molecule has 0 fully saturated rings. The summed E-state index contributed by atoms with van der Waals surface area (Å²) in [6.07, 6.45) is 9.71. The zero-order valence-corrected chi connectivity index (χ0v) is 20.5. The van der Waals surface area contributed by atoms with Gasteiger partial charge in [-0.15, -0.1) is 22.7 Å². The topological polar surface area (TPSA) is 90.4 Å². The zero-order chi connectivity index (χ0) is 22.9. The predicted molar refractivity (Wildman–Crippen MR) is 130 cm³/mol. The molecular weight excluding hydrogens is 458 g/mol. The maximum Gasteiger partial charge on any atom is 0.341 e. The van der Waals surface area contributed by atoms with Crippen LogP contribution in [0.1, 0.15) is 63.8 Å². The van der Waals surface area contributed by atoms with E-state index < -0.39 is 5.97 Å². The SMILES string of the molecule is COC(=O)c1c(NC(=O)COc2ncnc3sc4c(c23)CCC(C)C4)sc2c1CCCCC2. The second-order valence-corrected chi connectivity index (χ2v) is 11.0. The van der Waals surface area contributed by atoms with Gasteiger partial charge in [0.05, 0.1) is 18.1 Å². The number of amides is 1. The molecule has 1 unspecified atom stereocenters. The highest BCUT2D eigenvalue weighted by Gasteiger charge is 2.27. The van der Waals surface area contributed by atoms with Gasteiger partial charge in [-0.2, -0.15) is 0 Å². The molecule has 174 valence electrons. The highest BCUT2D eigenvalue weighted by atomic mass is 32.1. The van der Waals surface area contributed by atoms with Crippen molar-refractivity contribution in [1.82, 2.24) is 9.97 Å². The number of ether oxygens (including phenoxy) is 2. The normalized spacial score (nSPS) is 17.7. The molecule has 1 N–H and O–H groups in total. The minimum absolute atomic E-state index is 0.184. The number of rotatable bonds is 5. The van der Waals surface area contributed by atoms with Crippen molar-refractivity contribution in [2.24, 2.45) is 5.92 Å². The lowest BCUT2D eigenvalue weighted by atomic mass is 9.89. The monoisotopic (exact) mass is 485 g/mol. The van der Waals surface area contributed by atoms with Crippen LogP contribution in [0.25, 0.3) is 10.2 Å². The van der Waals surface area contributed by atoms with Gasteiger partial charge in [0, 0.05) is 9.75 Å². The van der Waals surface area contributed by atoms with Crippen LogP contribution in [0, 0.1) is 5.92 Å². The first kappa shape index (κ1) is 22.3. The number of carbonyl (C=O) groups excluding carboxylic acids is 2. The van der Waals surface area contributed by atoms with Crippen LogP contribution in [0.5, 0.6) is 5.88 Å². The predicted octanol–water partition coefficient (Wildman–Crippen LogP) is 4.95. The molecule has 9 heteroatoms. The van der Waals surface area contributed by atoms with Gasteiger partial charge in [0.1, 0.15) is 16.2 Å². The summed E-state index contributed by atoms with van der Waals surface area (Å²) >= 11 is 3.18. The van der Waals surface area contributed by atoms with Crippen molar-refractivity contribution in [2.45, 2.75) is 58.3 Å². The van der Waals surface area contributed by atoms with E-state index in [1.54, 1.807) is 11.3 Å². The number of aryl methyl sites for hydroxylation is 2. The maximum atomic E-state index is 12.8. The number of fused-ring (bicyclic) bond motifs is 4. The second-order valence-electron chi connectivity index (χ2n) is 8.81. The fourth-order valence-corrected chi connectivity index (χ4v) is 7.44. The van der Waals surface area contributed by atoms with Gasteiger partial charge in [0.15, 0.2) is 6.61 Å².